The lowest BCUT2D eigenvalue weighted by Gasteiger charge is -2.25. The minimum atomic E-state index is -0.421. The second kappa shape index (κ2) is 7.20. The van der Waals surface area contributed by atoms with Gasteiger partial charge >= 0.3 is 0 Å². The number of hydrogen-bond donors (Lipinski definition) is 0. The number of fused-ring (bicyclic) bond motifs is 1. The summed E-state index contributed by atoms with van der Waals surface area (Å²) in [5, 5.41) is 1.49. The summed E-state index contributed by atoms with van der Waals surface area (Å²) in [7, 11) is 1.90. The van der Waals surface area contributed by atoms with Gasteiger partial charge < -0.3 is 9.47 Å². The topological polar surface area (TPSA) is 42.3 Å². The molecular formula is C22H21ClN2O2. The summed E-state index contributed by atoms with van der Waals surface area (Å²) >= 11 is 5.98. The van der Waals surface area contributed by atoms with Crippen molar-refractivity contribution < 1.29 is 9.59 Å². The number of piperidine rings is 1. The fraction of sp³-hybridized carbons (Fsp3) is 0.273. The van der Waals surface area contributed by atoms with Crippen LogP contribution in [0, 0.1) is 0 Å². The predicted octanol–water partition coefficient (Wildman–Crippen LogP) is 4.69. The Kier molecular flexibility index (Phi) is 4.75. The molecule has 1 amide bonds. The second-order valence-corrected chi connectivity index (χ2v) is 7.51. The van der Waals surface area contributed by atoms with E-state index in [1.807, 2.05) is 54.1 Å². The van der Waals surface area contributed by atoms with Crippen LogP contribution in [0.4, 0.5) is 0 Å². The third-order valence-electron chi connectivity index (χ3n) is 5.25. The maximum atomic E-state index is 12.9. The molecule has 1 fully saturated rings. The zero-order chi connectivity index (χ0) is 19.0. The molecule has 0 atom stereocenters. The number of benzene rings is 2. The number of Topliss-reactive ketones (excluding diaryl/α,β-unsaturated/α-hetero) is 1. The molecule has 1 aliphatic heterocycles. The Balaban J connectivity index is 1.74. The summed E-state index contributed by atoms with van der Waals surface area (Å²) in [5.41, 5.74) is 3.41. The van der Waals surface area contributed by atoms with Crippen LogP contribution in [0.2, 0.25) is 5.02 Å². The Labute approximate surface area is 163 Å². The summed E-state index contributed by atoms with van der Waals surface area (Å²) in [4.78, 5) is 27.3. The molecule has 2 aromatic carbocycles. The highest BCUT2D eigenvalue weighted by Gasteiger charge is 2.27. The fourth-order valence-corrected chi connectivity index (χ4v) is 3.88. The van der Waals surface area contributed by atoms with Crippen molar-refractivity contribution in [1.29, 1.82) is 0 Å². The molecule has 0 aliphatic carbocycles. The summed E-state index contributed by atoms with van der Waals surface area (Å²) in [6.07, 6.45) is 4.82. The van der Waals surface area contributed by atoms with Crippen molar-refractivity contribution in [3.63, 3.8) is 0 Å². The van der Waals surface area contributed by atoms with Crippen molar-refractivity contribution in [3.05, 3.63) is 59.2 Å². The minimum Gasteiger partial charge on any atom is -0.350 e. The van der Waals surface area contributed by atoms with Crippen molar-refractivity contribution in [2.75, 3.05) is 13.1 Å². The highest BCUT2D eigenvalue weighted by molar-refractivity contribution is 6.45. The van der Waals surface area contributed by atoms with Crippen molar-refractivity contribution in [1.82, 2.24) is 9.47 Å². The SMILES string of the molecule is Cn1cc(C(=O)C(=O)N2CCCCC2)c2cc(-c3ccc(Cl)cc3)ccc21. The number of amides is 1. The van der Waals surface area contributed by atoms with Crippen LogP contribution in [0.1, 0.15) is 29.6 Å². The lowest BCUT2D eigenvalue weighted by Crippen LogP contribution is -2.40. The summed E-state index contributed by atoms with van der Waals surface area (Å²) in [6, 6.07) is 13.6. The lowest BCUT2D eigenvalue weighted by atomic mass is 10.0. The zero-order valence-electron chi connectivity index (χ0n) is 15.2. The monoisotopic (exact) mass is 380 g/mol. The van der Waals surface area contributed by atoms with Gasteiger partial charge in [-0.2, -0.15) is 0 Å². The van der Waals surface area contributed by atoms with E-state index in [1.165, 1.54) is 0 Å². The van der Waals surface area contributed by atoms with Gasteiger partial charge in [0.1, 0.15) is 0 Å². The van der Waals surface area contributed by atoms with Gasteiger partial charge in [0.25, 0.3) is 11.7 Å². The molecule has 0 bridgehead atoms. The molecule has 0 radical (unpaired) electrons. The molecular weight excluding hydrogens is 360 g/mol. The Hall–Kier alpha value is -2.59. The maximum Gasteiger partial charge on any atom is 0.295 e. The average molecular weight is 381 g/mol. The van der Waals surface area contributed by atoms with Crippen molar-refractivity contribution in [2.45, 2.75) is 19.3 Å². The van der Waals surface area contributed by atoms with E-state index in [0.717, 1.165) is 41.3 Å². The molecule has 0 unspecified atom stereocenters. The van der Waals surface area contributed by atoms with Crippen molar-refractivity contribution in [3.8, 4) is 11.1 Å². The largest absolute Gasteiger partial charge is 0.350 e. The minimum absolute atomic E-state index is 0.390. The maximum absolute atomic E-state index is 12.9. The van der Waals surface area contributed by atoms with E-state index < -0.39 is 5.78 Å². The number of rotatable bonds is 3. The third-order valence-corrected chi connectivity index (χ3v) is 5.50. The highest BCUT2D eigenvalue weighted by Crippen LogP contribution is 2.29. The van der Waals surface area contributed by atoms with Gasteiger partial charge in [0.2, 0.25) is 0 Å². The number of halogens is 1. The summed E-state index contributed by atoms with van der Waals surface area (Å²) < 4.78 is 1.90. The molecule has 1 aliphatic rings. The number of hydrogen-bond acceptors (Lipinski definition) is 2. The van der Waals surface area contributed by atoms with E-state index in [1.54, 1.807) is 11.1 Å². The van der Waals surface area contributed by atoms with Gasteiger partial charge in [-0.3, -0.25) is 9.59 Å². The van der Waals surface area contributed by atoms with Crippen LogP contribution in [0.15, 0.2) is 48.7 Å². The lowest BCUT2D eigenvalue weighted by molar-refractivity contribution is -0.127. The summed E-state index contributed by atoms with van der Waals surface area (Å²) in [5.74, 6) is -0.810. The first-order chi connectivity index (χ1) is 13.0. The first-order valence-electron chi connectivity index (χ1n) is 9.23. The van der Waals surface area contributed by atoms with Gasteiger partial charge in [0.15, 0.2) is 0 Å². The Morgan fingerprint density at radius 3 is 2.30 bits per heavy atom. The van der Waals surface area contributed by atoms with Crippen LogP contribution in [-0.4, -0.2) is 34.2 Å². The molecule has 4 rings (SSSR count). The van der Waals surface area contributed by atoms with Crippen LogP contribution in [0.25, 0.3) is 22.0 Å². The molecule has 1 aromatic heterocycles. The standard InChI is InChI=1S/C22H21ClN2O2/c1-24-14-19(21(26)22(27)25-11-3-2-4-12-25)18-13-16(7-10-20(18)24)15-5-8-17(23)9-6-15/h5-10,13-14H,2-4,11-12H2,1H3. The van der Waals surface area contributed by atoms with Gasteiger partial charge in [-0.05, 0) is 54.7 Å². The van der Waals surface area contributed by atoms with E-state index in [0.29, 0.717) is 23.7 Å². The van der Waals surface area contributed by atoms with Crippen molar-refractivity contribution >= 4 is 34.2 Å². The van der Waals surface area contributed by atoms with Crippen LogP contribution in [-0.2, 0) is 11.8 Å². The third kappa shape index (κ3) is 3.37. The molecule has 5 heteroatoms. The molecule has 4 nitrogen and oxygen atoms in total. The predicted molar refractivity (Wildman–Crippen MR) is 108 cm³/mol. The summed E-state index contributed by atoms with van der Waals surface area (Å²) in [6.45, 7) is 1.34. The van der Waals surface area contributed by atoms with Gasteiger partial charge in [-0.15, -0.1) is 0 Å². The van der Waals surface area contributed by atoms with Crippen molar-refractivity contribution in [2.24, 2.45) is 7.05 Å². The quantitative estimate of drug-likeness (QED) is 0.488. The smallest absolute Gasteiger partial charge is 0.295 e. The number of carbonyl (C=O) groups is 2. The van der Waals surface area contributed by atoms with E-state index in [2.05, 4.69) is 0 Å². The van der Waals surface area contributed by atoms with E-state index >= 15 is 0 Å². The van der Waals surface area contributed by atoms with Crippen LogP contribution >= 0.6 is 11.6 Å². The second-order valence-electron chi connectivity index (χ2n) is 7.07. The average Bonchev–Trinajstić information content (AvgIpc) is 3.04. The molecule has 138 valence electrons. The first kappa shape index (κ1) is 17.8. The number of ketones is 1. The number of nitrogens with zero attached hydrogens (tertiary/aromatic N) is 2. The molecule has 0 saturated carbocycles. The molecule has 0 N–H and O–H groups in total. The number of aryl methyl sites for hydroxylation is 1. The van der Waals surface area contributed by atoms with E-state index in [4.69, 9.17) is 11.6 Å². The Morgan fingerprint density at radius 2 is 1.59 bits per heavy atom. The fourth-order valence-electron chi connectivity index (χ4n) is 3.75. The molecule has 1 saturated heterocycles. The van der Waals surface area contributed by atoms with E-state index in [9.17, 15) is 9.59 Å². The number of carbonyl (C=O) groups excluding carboxylic acids is 2. The van der Waals surface area contributed by atoms with E-state index in [-0.39, 0.29) is 5.91 Å². The van der Waals surface area contributed by atoms with Gasteiger partial charge in [-0.1, -0.05) is 29.8 Å². The zero-order valence-corrected chi connectivity index (χ0v) is 16.0. The normalized spacial score (nSPS) is 14.5. The van der Waals surface area contributed by atoms with Crippen LogP contribution in [0.3, 0.4) is 0 Å². The first-order valence-corrected chi connectivity index (χ1v) is 9.61. The highest BCUT2D eigenvalue weighted by atomic mass is 35.5. The van der Waals surface area contributed by atoms with Gasteiger partial charge in [0, 0.05) is 42.3 Å². The van der Waals surface area contributed by atoms with Gasteiger partial charge in [0.05, 0.1) is 5.56 Å². The Bertz CT molecular complexity index is 1010. The van der Waals surface area contributed by atoms with Crippen LogP contribution in [0.5, 0.6) is 0 Å². The molecule has 0 spiro atoms. The number of likely N-dealkylation sites (tertiary alicyclic amines) is 1. The molecule has 27 heavy (non-hydrogen) atoms. The molecule has 3 aromatic rings. The molecule has 2 heterocycles. The number of aromatic nitrogens is 1. The van der Waals surface area contributed by atoms with Crippen LogP contribution < -0.4 is 0 Å². The Morgan fingerprint density at radius 1 is 0.926 bits per heavy atom. The van der Waals surface area contributed by atoms with Gasteiger partial charge in [-0.25, -0.2) is 0 Å².